The highest BCUT2D eigenvalue weighted by Gasteiger charge is 2.34. The number of H-pyrrole nitrogens is 1. The number of aromatic nitrogens is 2. The second-order valence-electron chi connectivity index (χ2n) is 7.53. The molecule has 1 aromatic heterocycles. The molecule has 1 fully saturated rings. The maximum atomic E-state index is 13.0. The number of fused-ring (bicyclic) bond motifs is 1. The third kappa shape index (κ3) is 4.62. The van der Waals surface area contributed by atoms with Gasteiger partial charge in [-0.1, -0.05) is 24.3 Å². The summed E-state index contributed by atoms with van der Waals surface area (Å²) in [5.74, 6) is -0.296. The Kier molecular flexibility index (Phi) is 5.97. The number of halogens is 3. The van der Waals surface area contributed by atoms with E-state index < -0.39 is 26.7 Å². The molecule has 2 heterocycles. The number of carbonyl (C=O) groups excluding carboxylic acids is 1. The first-order valence-electron chi connectivity index (χ1n) is 9.99. The van der Waals surface area contributed by atoms with Crippen LogP contribution in [0.1, 0.15) is 11.3 Å². The molecule has 1 N–H and O–H groups in total. The summed E-state index contributed by atoms with van der Waals surface area (Å²) in [4.78, 5) is 25.7. The molecule has 174 valence electrons. The lowest BCUT2D eigenvalue weighted by Gasteiger charge is -2.34. The summed E-state index contributed by atoms with van der Waals surface area (Å²) in [6.07, 6.45) is -4.74. The molecule has 1 amide bonds. The molecule has 0 spiro atoms. The highest BCUT2D eigenvalue weighted by molar-refractivity contribution is 7.89. The predicted molar refractivity (Wildman–Crippen MR) is 113 cm³/mol. The lowest BCUT2D eigenvalue weighted by molar-refractivity contribution is -0.137. The molecule has 4 rings (SSSR count). The Bertz CT molecular complexity index is 1360. The van der Waals surface area contributed by atoms with Crippen LogP contribution in [0.5, 0.6) is 0 Å². The number of hydrogen-bond acceptors (Lipinski definition) is 5. The topological polar surface area (TPSA) is 103 Å². The van der Waals surface area contributed by atoms with Gasteiger partial charge in [-0.15, -0.1) is 0 Å². The first-order valence-corrected chi connectivity index (χ1v) is 11.4. The van der Waals surface area contributed by atoms with Crippen molar-refractivity contribution in [3.8, 4) is 0 Å². The molecule has 0 unspecified atom stereocenters. The van der Waals surface area contributed by atoms with Crippen molar-refractivity contribution in [3.05, 3.63) is 70.1 Å². The van der Waals surface area contributed by atoms with E-state index >= 15 is 0 Å². The molecule has 1 aliphatic rings. The summed E-state index contributed by atoms with van der Waals surface area (Å²) >= 11 is 0. The van der Waals surface area contributed by atoms with Crippen molar-refractivity contribution in [3.63, 3.8) is 0 Å². The highest BCUT2D eigenvalue weighted by Crippen LogP contribution is 2.31. The number of amides is 1. The van der Waals surface area contributed by atoms with Gasteiger partial charge in [-0.2, -0.15) is 22.6 Å². The predicted octanol–water partition coefficient (Wildman–Crippen LogP) is 2.02. The van der Waals surface area contributed by atoms with Gasteiger partial charge in [-0.3, -0.25) is 9.59 Å². The molecule has 2 aromatic carbocycles. The third-order valence-corrected chi connectivity index (χ3v) is 7.38. The summed E-state index contributed by atoms with van der Waals surface area (Å²) < 4.78 is 65.6. The van der Waals surface area contributed by atoms with Crippen LogP contribution < -0.4 is 5.56 Å². The summed E-state index contributed by atoms with van der Waals surface area (Å²) in [7, 11) is -4.14. The second-order valence-corrected chi connectivity index (χ2v) is 9.47. The van der Waals surface area contributed by atoms with Crippen molar-refractivity contribution in [1.29, 1.82) is 0 Å². The Hall–Kier alpha value is -3.25. The molecule has 12 heteroatoms. The minimum atomic E-state index is -4.66. The van der Waals surface area contributed by atoms with Crippen molar-refractivity contribution in [2.45, 2.75) is 17.5 Å². The molecule has 1 saturated heterocycles. The van der Waals surface area contributed by atoms with E-state index in [-0.39, 0.29) is 44.1 Å². The Morgan fingerprint density at radius 3 is 2.33 bits per heavy atom. The molecule has 3 aromatic rings. The van der Waals surface area contributed by atoms with Crippen molar-refractivity contribution < 1.29 is 26.4 Å². The molecule has 0 saturated carbocycles. The van der Waals surface area contributed by atoms with Gasteiger partial charge in [0.2, 0.25) is 15.9 Å². The van der Waals surface area contributed by atoms with Crippen molar-refractivity contribution in [2.24, 2.45) is 0 Å². The van der Waals surface area contributed by atoms with E-state index in [0.29, 0.717) is 22.5 Å². The average molecular weight is 480 g/mol. The van der Waals surface area contributed by atoms with E-state index in [1.54, 1.807) is 24.3 Å². The Labute approximate surface area is 186 Å². The number of aromatic amines is 1. The SMILES string of the molecule is O=C(Cc1n[nH]c(=O)c2ccccc12)N1CCN(S(=O)(=O)c2cccc(C(F)(F)F)c2)CC1. The molecule has 0 bridgehead atoms. The van der Waals surface area contributed by atoms with Gasteiger partial charge >= 0.3 is 6.18 Å². The van der Waals surface area contributed by atoms with Crippen molar-refractivity contribution >= 4 is 26.7 Å². The van der Waals surface area contributed by atoms with Crippen LogP contribution in [0, 0.1) is 0 Å². The van der Waals surface area contributed by atoms with Crippen LogP contribution in [-0.4, -0.2) is 59.9 Å². The smallest absolute Gasteiger partial charge is 0.340 e. The minimum absolute atomic E-state index is 0.0515. The quantitative estimate of drug-likeness (QED) is 0.616. The number of rotatable bonds is 4. The molecular formula is C21H19F3N4O4S. The fraction of sp³-hybridized carbons (Fsp3) is 0.286. The summed E-state index contributed by atoms with van der Waals surface area (Å²) in [5, 5.41) is 7.31. The van der Waals surface area contributed by atoms with Crippen LogP contribution in [0.4, 0.5) is 13.2 Å². The van der Waals surface area contributed by atoms with Crippen LogP contribution in [0.2, 0.25) is 0 Å². The summed E-state index contributed by atoms with van der Waals surface area (Å²) in [5.41, 5.74) is -1.01. The lowest BCUT2D eigenvalue weighted by Crippen LogP contribution is -2.50. The maximum absolute atomic E-state index is 13.0. The van der Waals surface area contributed by atoms with Gasteiger partial charge in [-0.25, -0.2) is 13.5 Å². The van der Waals surface area contributed by atoms with E-state index in [1.165, 1.54) is 4.90 Å². The molecule has 0 atom stereocenters. The standard InChI is InChI=1S/C21H19F3N4O4S/c22-21(23,24)14-4-3-5-15(12-14)33(31,32)28-10-8-27(9-11-28)19(29)13-18-16-6-1-2-7-17(16)20(30)26-25-18/h1-7,12H,8-11,13H2,(H,26,30). The fourth-order valence-corrected chi connectivity index (χ4v) is 5.19. The first kappa shape index (κ1) is 22.9. The van der Waals surface area contributed by atoms with E-state index in [0.717, 1.165) is 22.5 Å². The maximum Gasteiger partial charge on any atom is 0.416 e. The number of nitrogens with one attached hydrogen (secondary N) is 1. The average Bonchev–Trinajstić information content (AvgIpc) is 2.80. The second kappa shape index (κ2) is 8.60. The summed E-state index contributed by atoms with van der Waals surface area (Å²) in [6.45, 7) is 0.0604. The molecule has 33 heavy (non-hydrogen) atoms. The van der Waals surface area contributed by atoms with Gasteiger partial charge in [0.25, 0.3) is 5.56 Å². The lowest BCUT2D eigenvalue weighted by atomic mass is 10.1. The number of hydrogen-bond donors (Lipinski definition) is 1. The van der Waals surface area contributed by atoms with E-state index in [2.05, 4.69) is 10.2 Å². The van der Waals surface area contributed by atoms with Gasteiger partial charge in [0, 0.05) is 31.6 Å². The molecule has 0 aliphatic carbocycles. The van der Waals surface area contributed by atoms with Crippen LogP contribution in [0.3, 0.4) is 0 Å². The monoisotopic (exact) mass is 480 g/mol. The zero-order valence-electron chi connectivity index (χ0n) is 17.2. The number of sulfonamides is 1. The highest BCUT2D eigenvalue weighted by atomic mass is 32.2. The van der Waals surface area contributed by atoms with Crippen LogP contribution in [0.25, 0.3) is 10.8 Å². The molecular weight excluding hydrogens is 461 g/mol. The van der Waals surface area contributed by atoms with E-state index in [4.69, 9.17) is 0 Å². The number of alkyl halides is 3. The summed E-state index contributed by atoms with van der Waals surface area (Å²) in [6, 6.07) is 10.3. The number of piperazine rings is 1. The van der Waals surface area contributed by atoms with E-state index in [1.807, 2.05) is 0 Å². The van der Waals surface area contributed by atoms with Gasteiger partial charge < -0.3 is 4.90 Å². The molecule has 8 nitrogen and oxygen atoms in total. The van der Waals surface area contributed by atoms with Crippen molar-refractivity contribution in [1.82, 2.24) is 19.4 Å². The first-order chi connectivity index (χ1) is 15.6. The zero-order valence-corrected chi connectivity index (χ0v) is 18.0. The van der Waals surface area contributed by atoms with Gasteiger partial charge in [0.05, 0.1) is 28.0 Å². The fourth-order valence-electron chi connectivity index (χ4n) is 3.72. The van der Waals surface area contributed by atoms with Crippen molar-refractivity contribution in [2.75, 3.05) is 26.2 Å². The Balaban J connectivity index is 1.45. The molecule has 1 aliphatic heterocycles. The normalized spacial score (nSPS) is 15.7. The van der Waals surface area contributed by atoms with Gasteiger partial charge in [0.1, 0.15) is 0 Å². The Morgan fingerprint density at radius 1 is 1.00 bits per heavy atom. The van der Waals surface area contributed by atoms with Crippen LogP contribution in [0.15, 0.2) is 58.2 Å². The van der Waals surface area contributed by atoms with Crippen LogP contribution >= 0.6 is 0 Å². The number of nitrogens with zero attached hydrogens (tertiary/aromatic N) is 3. The largest absolute Gasteiger partial charge is 0.416 e. The number of carbonyl (C=O) groups is 1. The van der Waals surface area contributed by atoms with Gasteiger partial charge in [-0.05, 0) is 24.3 Å². The van der Waals surface area contributed by atoms with Gasteiger partial charge in [0.15, 0.2) is 0 Å². The zero-order chi connectivity index (χ0) is 23.8. The van der Waals surface area contributed by atoms with E-state index in [9.17, 15) is 31.2 Å². The minimum Gasteiger partial charge on any atom is -0.340 e. The number of benzene rings is 2. The Morgan fingerprint density at radius 2 is 1.67 bits per heavy atom. The van der Waals surface area contributed by atoms with Crippen LogP contribution in [-0.2, 0) is 27.4 Å². The molecule has 0 radical (unpaired) electrons. The third-order valence-electron chi connectivity index (χ3n) is 5.48.